The number of anilines is 5. The predicted molar refractivity (Wildman–Crippen MR) is 103 cm³/mol. The number of carbonyl (C=O) groups is 1. The molecule has 0 saturated carbocycles. The van der Waals surface area contributed by atoms with Crippen molar-refractivity contribution in [3.63, 3.8) is 0 Å². The van der Waals surface area contributed by atoms with Crippen LogP contribution < -0.4 is 16.0 Å². The van der Waals surface area contributed by atoms with E-state index in [2.05, 4.69) is 32.3 Å². The van der Waals surface area contributed by atoms with E-state index in [0.717, 1.165) is 24.3 Å². The van der Waals surface area contributed by atoms with E-state index in [9.17, 15) is 4.79 Å². The average Bonchev–Trinajstić information content (AvgIpc) is 3.08. The third kappa shape index (κ3) is 2.86. The number of hydrogen-bond acceptors (Lipinski definition) is 6. The molecule has 0 bridgehead atoms. The Morgan fingerprint density at radius 1 is 1.12 bits per heavy atom. The number of rotatable bonds is 4. The minimum Gasteiger partial charge on any atom is -0.393 e. The molecule has 0 radical (unpaired) electrons. The van der Waals surface area contributed by atoms with Gasteiger partial charge in [0.1, 0.15) is 12.0 Å². The van der Waals surface area contributed by atoms with Gasteiger partial charge in [-0.1, -0.05) is 18.2 Å². The van der Waals surface area contributed by atoms with Crippen LogP contribution in [0.25, 0.3) is 0 Å². The monoisotopic (exact) mass is 345 g/mol. The maximum absolute atomic E-state index is 11.4. The molecule has 0 spiro atoms. The molecule has 2 heterocycles. The topological polar surface area (TPSA) is 84.1 Å². The number of fused-ring (bicyclic) bond motifs is 1. The fourth-order valence-electron chi connectivity index (χ4n) is 3.18. The van der Waals surface area contributed by atoms with Crippen molar-refractivity contribution in [3.8, 4) is 0 Å². The summed E-state index contributed by atoms with van der Waals surface area (Å²) < 4.78 is 0. The fourth-order valence-corrected chi connectivity index (χ4v) is 3.18. The first-order chi connectivity index (χ1) is 12.6. The molecule has 0 amide bonds. The molecule has 0 unspecified atom stereocenters. The van der Waals surface area contributed by atoms with Crippen LogP contribution in [0.2, 0.25) is 0 Å². The van der Waals surface area contributed by atoms with Crippen LogP contribution in [0.1, 0.15) is 22.8 Å². The number of aromatic nitrogens is 2. The number of nitrogens with one attached hydrogen (secondary N) is 1. The van der Waals surface area contributed by atoms with Crippen LogP contribution in [0.4, 0.5) is 28.7 Å². The van der Waals surface area contributed by atoms with Gasteiger partial charge in [0.15, 0.2) is 17.4 Å². The zero-order valence-electron chi connectivity index (χ0n) is 14.4. The molecule has 3 aromatic rings. The number of para-hydroxylation sites is 1. The van der Waals surface area contributed by atoms with E-state index >= 15 is 0 Å². The number of Topliss-reactive ketones (excluding diaryl/α,β-unsaturated/α-hetero) is 1. The molecule has 6 nitrogen and oxygen atoms in total. The molecular formula is C20H19N5O. The molecule has 130 valence electrons. The maximum atomic E-state index is 11.4. The standard InChI is InChI=1S/C20H19N5O/c1-13(26)14-6-8-16(9-7-14)24-19-18(21)20(23-12-22-19)25-11-10-15-4-2-3-5-17(15)25/h2-9,12H,10-11,21H2,1H3,(H,22,23,24). The SMILES string of the molecule is CC(=O)c1ccc(Nc2ncnc(N3CCc4ccccc43)c2N)cc1. The van der Waals surface area contributed by atoms with E-state index < -0.39 is 0 Å². The Hall–Kier alpha value is -3.41. The first-order valence-electron chi connectivity index (χ1n) is 8.47. The molecule has 2 aromatic carbocycles. The summed E-state index contributed by atoms with van der Waals surface area (Å²) in [6, 6.07) is 15.5. The summed E-state index contributed by atoms with van der Waals surface area (Å²) in [6.45, 7) is 2.39. The first kappa shape index (κ1) is 16.1. The number of carbonyl (C=O) groups excluding carboxylic acids is 1. The van der Waals surface area contributed by atoms with Gasteiger partial charge in [0.25, 0.3) is 0 Å². The van der Waals surface area contributed by atoms with Gasteiger partial charge in [0, 0.05) is 23.5 Å². The summed E-state index contributed by atoms with van der Waals surface area (Å²) in [5, 5.41) is 3.21. The summed E-state index contributed by atoms with van der Waals surface area (Å²) in [7, 11) is 0. The summed E-state index contributed by atoms with van der Waals surface area (Å²) in [5.41, 5.74) is 10.8. The Morgan fingerprint density at radius 3 is 2.65 bits per heavy atom. The van der Waals surface area contributed by atoms with Gasteiger partial charge in [0.2, 0.25) is 0 Å². The quantitative estimate of drug-likeness (QED) is 0.702. The van der Waals surface area contributed by atoms with Crippen molar-refractivity contribution in [2.75, 3.05) is 22.5 Å². The Balaban J connectivity index is 1.63. The summed E-state index contributed by atoms with van der Waals surface area (Å²) in [6.07, 6.45) is 2.48. The molecule has 26 heavy (non-hydrogen) atoms. The van der Waals surface area contributed by atoms with Crippen molar-refractivity contribution in [2.45, 2.75) is 13.3 Å². The number of hydrogen-bond donors (Lipinski definition) is 2. The highest BCUT2D eigenvalue weighted by Gasteiger charge is 2.23. The highest BCUT2D eigenvalue weighted by Crippen LogP contribution is 2.38. The zero-order chi connectivity index (χ0) is 18.1. The van der Waals surface area contributed by atoms with Crippen LogP contribution in [0.5, 0.6) is 0 Å². The van der Waals surface area contributed by atoms with Gasteiger partial charge >= 0.3 is 0 Å². The van der Waals surface area contributed by atoms with Crippen LogP contribution >= 0.6 is 0 Å². The van der Waals surface area contributed by atoms with Gasteiger partial charge in [0.05, 0.1) is 0 Å². The van der Waals surface area contributed by atoms with Crippen LogP contribution in [-0.4, -0.2) is 22.3 Å². The Bertz CT molecular complexity index is 968. The highest BCUT2D eigenvalue weighted by atomic mass is 16.1. The lowest BCUT2D eigenvalue weighted by molar-refractivity contribution is 0.101. The van der Waals surface area contributed by atoms with Gasteiger partial charge in [-0.05, 0) is 49.2 Å². The number of nitrogen functional groups attached to an aromatic ring is 1. The minimum absolute atomic E-state index is 0.0353. The minimum atomic E-state index is 0.0353. The molecule has 1 aromatic heterocycles. The van der Waals surface area contributed by atoms with Crippen LogP contribution in [0, 0.1) is 0 Å². The van der Waals surface area contributed by atoms with Crippen molar-refractivity contribution in [1.29, 1.82) is 0 Å². The Morgan fingerprint density at radius 2 is 1.88 bits per heavy atom. The van der Waals surface area contributed by atoms with E-state index in [0.29, 0.717) is 22.9 Å². The molecule has 3 N–H and O–H groups in total. The summed E-state index contributed by atoms with van der Waals surface area (Å²) >= 11 is 0. The number of nitrogens with two attached hydrogens (primary N) is 1. The largest absolute Gasteiger partial charge is 0.393 e. The lowest BCUT2D eigenvalue weighted by Gasteiger charge is -2.21. The summed E-state index contributed by atoms with van der Waals surface area (Å²) in [4.78, 5) is 22.2. The number of benzene rings is 2. The average molecular weight is 345 g/mol. The third-order valence-corrected chi connectivity index (χ3v) is 4.56. The molecule has 0 fully saturated rings. The molecule has 1 aliphatic heterocycles. The second-order valence-corrected chi connectivity index (χ2v) is 6.25. The third-order valence-electron chi connectivity index (χ3n) is 4.56. The van der Waals surface area contributed by atoms with E-state index in [1.54, 1.807) is 19.1 Å². The molecule has 6 heteroatoms. The van der Waals surface area contributed by atoms with Crippen molar-refractivity contribution >= 4 is 34.5 Å². The Labute approximate surface area is 151 Å². The molecule has 0 saturated heterocycles. The number of ketones is 1. The second-order valence-electron chi connectivity index (χ2n) is 6.25. The molecule has 1 aliphatic rings. The van der Waals surface area contributed by atoms with Crippen LogP contribution in [-0.2, 0) is 6.42 Å². The first-order valence-corrected chi connectivity index (χ1v) is 8.47. The Kier molecular flexibility index (Phi) is 4.01. The van der Waals surface area contributed by atoms with Crippen molar-refractivity contribution in [3.05, 3.63) is 66.0 Å². The summed E-state index contributed by atoms with van der Waals surface area (Å²) in [5.74, 6) is 1.29. The van der Waals surface area contributed by atoms with Crippen LogP contribution in [0.3, 0.4) is 0 Å². The lowest BCUT2D eigenvalue weighted by Crippen LogP contribution is -2.17. The van der Waals surface area contributed by atoms with Gasteiger partial charge < -0.3 is 16.0 Å². The number of nitrogens with zero attached hydrogens (tertiary/aromatic N) is 3. The van der Waals surface area contributed by atoms with Crippen molar-refractivity contribution in [1.82, 2.24) is 9.97 Å². The fraction of sp³-hybridized carbons (Fsp3) is 0.150. The van der Waals surface area contributed by atoms with Gasteiger partial charge in [-0.25, -0.2) is 9.97 Å². The highest BCUT2D eigenvalue weighted by molar-refractivity contribution is 5.94. The normalized spacial score (nSPS) is 12.7. The predicted octanol–water partition coefficient (Wildman–Crippen LogP) is 3.70. The zero-order valence-corrected chi connectivity index (χ0v) is 14.4. The molecular weight excluding hydrogens is 326 g/mol. The van der Waals surface area contributed by atoms with Crippen molar-refractivity contribution in [2.24, 2.45) is 0 Å². The second kappa shape index (κ2) is 6.48. The van der Waals surface area contributed by atoms with E-state index in [-0.39, 0.29) is 5.78 Å². The van der Waals surface area contributed by atoms with Gasteiger partial charge in [-0.2, -0.15) is 0 Å². The smallest absolute Gasteiger partial charge is 0.161 e. The maximum Gasteiger partial charge on any atom is 0.161 e. The van der Waals surface area contributed by atoms with Crippen LogP contribution in [0.15, 0.2) is 54.9 Å². The van der Waals surface area contributed by atoms with E-state index in [1.165, 1.54) is 11.9 Å². The lowest BCUT2D eigenvalue weighted by atomic mass is 10.1. The van der Waals surface area contributed by atoms with E-state index in [1.807, 2.05) is 24.3 Å². The van der Waals surface area contributed by atoms with Gasteiger partial charge in [-0.15, -0.1) is 0 Å². The van der Waals surface area contributed by atoms with E-state index in [4.69, 9.17) is 5.73 Å². The molecule has 0 aliphatic carbocycles. The van der Waals surface area contributed by atoms with Crippen molar-refractivity contribution < 1.29 is 4.79 Å². The molecule has 0 atom stereocenters. The van der Waals surface area contributed by atoms with Gasteiger partial charge in [-0.3, -0.25) is 4.79 Å². The molecule has 4 rings (SSSR count).